The molecule has 2 aromatic rings. The van der Waals surface area contributed by atoms with Crippen LogP contribution in [0.3, 0.4) is 0 Å². The minimum atomic E-state index is -0.172. The first-order valence-corrected chi connectivity index (χ1v) is 6.58. The van der Waals surface area contributed by atoms with Crippen molar-refractivity contribution in [3.63, 3.8) is 0 Å². The fourth-order valence-electron chi connectivity index (χ4n) is 2.22. The predicted molar refractivity (Wildman–Crippen MR) is 74.1 cm³/mol. The van der Waals surface area contributed by atoms with Crippen LogP contribution in [0.5, 0.6) is 11.5 Å². The van der Waals surface area contributed by atoms with Crippen molar-refractivity contribution in [3.05, 3.63) is 47.8 Å². The summed E-state index contributed by atoms with van der Waals surface area (Å²) in [7, 11) is 0. The van der Waals surface area contributed by atoms with Gasteiger partial charge in [0.2, 0.25) is 0 Å². The summed E-state index contributed by atoms with van der Waals surface area (Å²) in [6.45, 7) is 2.90. The largest absolute Gasteiger partial charge is 0.486 e. The van der Waals surface area contributed by atoms with Gasteiger partial charge in [0.15, 0.2) is 11.5 Å². The molecule has 1 aromatic heterocycles. The van der Waals surface area contributed by atoms with E-state index in [9.17, 15) is 4.79 Å². The van der Waals surface area contributed by atoms with Gasteiger partial charge >= 0.3 is 0 Å². The Morgan fingerprint density at radius 1 is 1.25 bits per heavy atom. The second-order valence-electron chi connectivity index (χ2n) is 4.65. The monoisotopic (exact) mass is 272 g/mol. The van der Waals surface area contributed by atoms with Gasteiger partial charge in [-0.05, 0) is 31.2 Å². The van der Waals surface area contributed by atoms with Crippen LogP contribution in [0.1, 0.15) is 29.0 Å². The van der Waals surface area contributed by atoms with Crippen molar-refractivity contribution in [2.45, 2.75) is 13.0 Å². The fourth-order valence-corrected chi connectivity index (χ4v) is 2.22. The fraction of sp³-hybridized carbons (Fsp3) is 0.267. The Balaban J connectivity index is 1.81. The minimum Gasteiger partial charge on any atom is -0.486 e. The lowest BCUT2D eigenvalue weighted by Crippen LogP contribution is -2.28. The van der Waals surface area contributed by atoms with Gasteiger partial charge in [-0.15, -0.1) is 0 Å². The van der Waals surface area contributed by atoms with Crippen molar-refractivity contribution in [2.75, 3.05) is 13.2 Å². The number of amides is 1. The summed E-state index contributed by atoms with van der Waals surface area (Å²) in [5.41, 5.74) is 1.46. The highest BCUT2D eigenvalue weighted by atomic mass is 16.6. The summed E-state index contributed by atoms with van der Waals surface area (Å²) in [6.07, 6.45) is 1.83. The molecule has 1 aliphatic rings. The highest BCUT2D eigenvalue weighted by Crippen LogP contribution is 2.33. The van der Waals surface area contributed by atoms with E-state index in [-0.39, 0.29) is 11.9 Å². The summed E-state index contributed by atoms with van der Waals surface area (Å²) in [5.74, 6) is 0.973. The number of para-hydroxylation sites is 1. The Morgan fingerprint density at radius 2 is 2.10 bits per heavy atom. The number of H-pyrrole nitrogens is 1. The van der Waals surface area contributed by atoms with Gasteiger partial charge in [0.1, 0.15) is 13.2 Å². The lowest BCUT2D eigenvalue weighted by atomic mass is 10.1. The van der Waals surface area contributed by atoms with Crippen LogP contribution in [0.4, 0.5) is 0 Å². The molecular formula is C15H16N2O3. The van der Waals surface area contributed by atoms with E-state index in [4.69, 9.17) is 9.47 Å². The van der Waals surface area contributed by atoms with Crippen molar-refractivity contribution < 1.29 is 14.3 Å². The molecule has 3 rings (SSSR count). The maximum Gasteiger partial charge on any atom is 0.255 e. The number of aromatic amines is 1. The first-order valence-electron chi connectivity index (χ1n) is 6.58. The molecule has 5 nitrogen and oxygen atoms in total. The summed E-state index contributed by atoms with van der Waals surface area (Å²) in [5, 5.41) is 2.94. The maximum atomic E-state index is 12.4. The maximum absolute atomic E-state index is 12.4. The van der Waals surface area contributed by atoms with Crippen LogP contribution in [-0.4, -0.2) is 24.1 Å². The number of benzene rings is 1. The van der Waals surface area contributed by atoms with Gasteiger partial charge in [-0.3, -0.25) is 4.79 Å². The van der Waals surface area contributed by atoms with E-state index in [1.807, 2.05) is 25.3 Å². The third-order valence-electron chi connectivity index (χ3n) is 3.25. The number of aromatic nitrogens is 1. The summed E-state index contributed by atoms with van der Waals surface area (Å²) in [4.78, 5) is 15.4. The Morgan fingerprint density at radius 3 is 2.90 bits per heavy atom. The lowest BCUT2D eigenvalue weighted by Gasteiger charge is -2.21. The molecule has 0 saturated carbocycles. The number of ether oxygens (including phenoxy) is 2. The zero-order chi connectivity index (χ0) is 13.9. The van der Waals surface area contributed by atoms with Crippen molar-refractivity contribution >= 4 is 5.91 Å². The van der Waals surface area contributed by atoms with Crippen LogP contribution >= 0.6 is 0 Å². The van der Waals surface area contributed by atoms with E-state index in [1.165, 1.54) is 0 Å². The summed E-state index contributed by atoms with van der Waals surface area (Å²) < 4.78 is 11.0. The second-order valence-corrected chi connectivity index (χ2v) is 4.65. The number of nitrogens with one attached hydrogen (secondary N) is 2. The molecule has 1 atom stereocenters. The predicted octanol–water partition coefficient (Wildman–Crippen LogP) is 2.28. The molecule has 5 heteroatoms. The molecule has 1 amide bonds. The first kappa shape index (κ1) is 12.6. The summed E-state index contributed by atoms with van der Waals surface area (Å²) in [6, 6.07) is 9.08. The van der Waals surface area contributed by atoms with Crippen LogP contribution in [-0.2, 0) is 0 Å². The minimum absolute atomic E-state index is 0.0992. The van der Waals surface area contributed by atoms with Crippen molar-refractivity contribution in [3.8, 4) is 11.5 Å². The number of fused-ring (bicyclic) bond motifs is 1. The van der Waals surface area contributed by atoms with Crippen molar-refractivity contribution in [1.29, 1.82) is 0 Å². The number of carbonyl (C=O) groups excluding carboxylic acids is 1. The Labute approximate surface area is 116 Å². The molecule has 2 N–H and O–H groups in total. The number of hydrogen-bond acceptors (Lipinski definition) is 3. The molecule has 20 heavy (non-hydrogen) atoms. The average molecular weight is 272 g/mol. The second kappa shape index (κ2) is 5.28. The molecule has 0 fully saturated rings. The number of rotatable bonds is 3. The van der Waals surface area contributed by atoms with Crippen molar-refractivity contribution in [2.24, 2.45) is 0 Å². The Kier molecular flexibility index (Phi) is 3.33. The van der Waals surface area contributed by atoms with Crippen molar-refractivity contribution in [1.82, 2.24) is 10.3 Å². The van der Waals surface area contributed by atoms with E-state index in [0.717, 1.165) is 5.69 Å². The van der Waals surface area contributed by atoms with Gasteiger partial charge in [-0.25, -0.2) is 0 Å². The highest BCUT2D eigenvalue weighted by molar-refractivity contribution is 5.98. The zero-order valence-electron chi connectivity index (χ0n) is 11.2. The standard InChI is InChI=1S/C15H16N2O3/c1-10(12-5-3-7-16-12)17-15(18)11-4-2-6-13-14(11)20-9-8-19-13/h2-7,10,16H,8-9H2,1H3,(H,17,18). The van der Waals surface area contributed by atoms with E-state index in [1.54, 1.807) is 18.2 Å². The molecule has 0 aliphatic carbocycles. The highest BCUT2D eigenvalue weighted by Gasteiger charge is 2.21. The zero-order valence-corrected chi connectivity index (χ0v) is 11.2. The van der Waals surface area contributed by atoms with E-state index < -0.39 is 0 Å². The number of hydrogen-bond donors (Lipinski definition) is 2. The normalized spacial score (nSPS) is 14.7. The van der Waals surface area contributed by atoms with Gasteiger partial charge in [0, 0.05) is 11.9 Å². The Bertz CT molecular complexity index is 608. The third kappa shape index (κ3) is 2.34. The average Bonchev–Trinajstić information content (AvgIpc) is 3.01. The van der Waals surface area contributed by atoms with E-state index in [2.05, 4.69) is 10.3 Å². The molecule has 1 aromatic carbocycles. The molecule has 2 heterocycles. The third-order valence-corrected chi connectivity index (χ3v) is 3.25. The smallest absolute Gasteiger partial charge is 0.255 e. The molecule has 0 saturated heterocycles. The lowest BCUT2D eigenvalue weighted by molar-refractivity contribution is 0.0928. The molecule has 1 unspecified atom stereocenters. The van der Waals surface area contributed by atoms with E-state index >= 15 is 0 Å². The summed E-state index contributed by atoms with van der Waals surface area (Å²) >= 11 is 0. The van der Waals surface area contributed by atoms with Gasteiger partial charge in [-0.2, -0.15) is 0 Å². The van der Waals surface area contributed by atoms with Crippen LogP contribution in [0.15, 0.2) is 36.5 Å². The molecule has 104 valence electrons. The molecular weight excluding hydrogens is 256 g/mol. The number of carbonyl (C=O) groups is 1. The van der Waals surface area contributed by atoms with Gasteiger partial charge in [0.25, 0.3) is 5.91 Å². The van der Waals surface area contributed by atoms with Crippen LogP contribution in [0, 0.1) is 0 Å². The van der Waals surface area contributed by atoms with Crippen LogP contribution in [0.25, 0.3) is 0 Å². The molecule has 0 radical (unpaired) electrons. The van der Waals surface area contributed by atoms with E-state index in [0.29, 0.717) is 30.3 Å². The van der Waals surface area contributed by atoms with Gasteiger partial charge < -0.3 is 19.8 Å². The molecule has 0 bridgehead atoms. The van der Waals surface area contributed by atoms with Gasteiger partial charge in [0.05, 0.1) is 11.6 Å². The quantitative estimate of drug-likeness (QED) is 0.901. The molecule has 0 spiro atoms. The topological polar surface area (TPSA) is 63.4 Å². The SMILES string of the molecule is CC(NC(=O)c1cccc2c1OCCO2)c1ccc[nH]1. The van der Waals surface area contributed by atoms with Crippen LogP contribution in [0.2, 0.25) is 0 Å². The Hall–Kier alpha value is -2.43. The van der Waals surface area contributed by atoms with Crippen LogP contribution < -0.4 is 14.8 Å². The first-order chi connectivity index (χ1) is 9.75. The molecule has 1 aliphatic heterocycles. The van der Waals surface area contributed by atoms with Gasteiger partial charge in [-0.1, -0.05) is 6.07 Å².